The van der Waals surface area contributed by atoms with Gasteiger partial charge < -0.3 is 19.7 Å². The van der Waals surface area contributed by atoms with E-state index in [1.54, 1.807) is 20.3 Å². The lowest BCUT2D eigenvalue weighted by Gasteiger charge is -2.28. The molecule has 0 aromatic heterocycles. The van der Waals surface area contributed by atoms with Crippen molar-refractivity contribution in [3.05, 3.63) is 53.6 Å². The predicted octanol–water partition coefficient (Wildman–Crippen LogP) is 5.26. The zero-order valence-corrected chi connectivity index (χ0v) is 16.4. The van der Waals surface area contributed by atoms with Crippen molar-refractivity contribution in [2.75, 3.05) is 26.1 Å². The first kappa shape index (κ1) is 20.3. The Morgan fingerprint density at radius 1 is 1.11 bits per heavy atom. The summed E-state index contributed by atoms with van der Waals surface area (Å²) in [5.74, 6) is 1.27. The zero-order valence-electron chi connectivity index (χ0n) is 15.5. The quantitative estimate of drug-likeness (QED) is 0.696. The summed E-state index contributed by atoms with van der Waals surface area (Å²) < 4.78 is 49.4. The van der Waals surface area contributed by atoms with Crippen LogP contribution in [0.2, 0.25) is 0 Å². The van der Waals surface area contributed by atoms with Gasteiger partial charge in [0.2, 0.25) is 0 Å². The van der Waals surface area contributed by atoms with Crippen LogP contribution >= 0.6 is 12.2 Å². The fourth-order valence-electron chi connectivity index (χ4n) is 3.38. The Labute approximate surface area is 167 Å². The smallest absolute Gasteiger partial charge is 0.416 e. The molecule has 1 atom stereocenters. The first-order valence-corrected chi connectivity index (χ1v) is 9.21. The second-order valence-electron chi connectivity index (χ2n) is 6.47. The van der Waals surface area contributed by atoms with Crippen LogP contribution in [-0.2, 0) is 6.18 Å². The predicted molar refractivity (Wildman–Crippen MR) is 106 cm³/mol. The van der Waals surface area contributed by atoms with E-state index in [1.807, 2.05) is 23.1 Å². The lowest BCUT2D eigenvalue weighted by atomic mass is 10.0. The van der Waals surface area contributed by atoms with Crippen molar-refractivity contribution in [1.29, 1.82) is 0 Å². The SMILES string of the molecule is COc1ccc([C@@H]2CCCN2C(=S)Nc2cccc(C(F)(F)F)c2)cc1OC. The van der Waals surface area contributed by atoms with E-state index < -0.39 is 11.7 Å². The standard InChI is InChI=1S/C20H21F3N2O2S/c1-26-17-9-8-13(11-18(17)27-2)16-7-4-10-25(16)19(28)24-15-6-3-5-14(12-15)20(21,22)23/h3,5-6,8-9,11-12,16H,4,7,10H2,1-2H3,(H,24,28)/t16-/m0/s1. The Balaban J connectivity index is 1.79. The minimum Gasteiger partial charge on any atom is -0.493 e. The van der Waals surface area contributed by atoms with Gasteiger partial charge in [0, 0.05) is 12.2 Å². The minimum atomic E-state index is -4.39. The van der Waals surface area contributed by atoms with Crippen molar-refractivity contribution >= 4 is 23.0 Å². The molecule has 1 heterocycles. The highest BCUT2D eigenvalue weighted by atomic mass is 32.1. The summed E-state index contributed by atoms with van der Waals surface area (Å²) in [6.07, 6.45) is -2.57. The molecule has 0 saturated carbocycles. The summed E-state index contributed by atoms with van der Waals surface area (Å²) >= 11 is 5.50. The van der Waals surface area contributed by atoms with Crippen LogP contribution in [0.25, 0.3) is 0 Å². The number of alkyl halides is 3. The van der Waals surface area contributed by atoms with E-state index in [0.717, 1.165) is 37.1 Å². The van der Waals surface area contributed by atoms with Crippen LogP contribution in [0.15, 0.2) is 42.5 Å². The van der Waals surface area contributed by atoms with E-state index in [4.69, 9.17) is 21.7 Å². The third-order valence-electron chi connectivity index (χ3n) is 4.75. The summed E-state index contributed by atoms with van der Waals surface area (Å²) in [5.41, 5.74) is 0.624. The van der Waals surface area contributed by atoms with E-state index >= 15 is 0 Å². The van der Waals surface area contributed by atoms with Crippen LogP contribution in [0.1, 0.15) is 30.0 Å². The highest BCUT2D eigenvalue weighted by Gasteiger charge is 2.31. The molecule has 0 amide bonds. The highest BCUT2D eigenvalue weighted by molar-refractivity contribution is 7.80. The molecule has 0 radical (unpaired) electrons. The third-order valence-corrected chi connectivity index (χ3v) is 5.08. The van der Waals surface area contributed by atoms with Crippen LogP contribution in [-0.4, -0.2) is 30.8 Å². The molecule has 2 aromatic rings. The Hall–Kier alpha value is -2.48. The lowest BCUT2D eigenvalue weighted by Crippen LogP contribution is -2.34. The molecule has 4 nitrogen and oxygen atoms in total. The Kier molecular flexibility index (Phi) is 5.98. The third kappa shape index (κ3) is 4.32. The molecule has 1 fully saturated rings. The van der Waals surface area contributed by atoms with Gasteiger partial charge in [-0.25, -0.2) is 0 Å². The normalized spacial score (nSPS) is 16.8. The molecule has 28 heavy (non-hydrogen) atoms. The molecular formula is C20H21F3N2O2S. The van der Waals surface area contributed by atoms with Gasteiger partial charge in [0.05, 0.1) is 25.8 Å². The summed E-state index contributed by atoms with van der Waals surface area (Å²) in [4.78, 5) is 2.00. The number of methoxy groups -OCH3 is 2. The fraction of sp³-hybridized carbons (Fsp3) is 0.350. The van der Waals surface area contributed by atoms with Gasteiger partial charge in [0.1, 0.15) is 0 Å². The Morgan fingerprint density at radius 2 is 1.86 bits per heavy atom. The van der Waals surface area contributed by atoms with Crippen LogP contribution in [0.3, 0.4) is 0 Å². The van der Waals surface area contributed by atoms with Crippen molar-refractivity contribution in [1.82, 2.24) is 4.90 Å². The van der Waals surface area contributed by atoms with Crippen LogP contribution in [0.4, 0.5) is 18.9 Å². The van der Waals surface area contributed by atoms with Gasteiger partial charge in [-0.05, 0) is 61.0 Å². The van der Waals surface area contributed by atoms with E-state index in [9.17, 15) is 13.2 Å². The van der Waals surface area contributed by atoms with Crippen LogP contribution in [0, 0.1) is 0 Å². The van der Waals surface area contributed by atoms with Gasteiger partial charge in [-0.15, -0.1) is 0 Å². The van der Waals surface area contributed by atoms with Gasteiger partial charge in [0.25, 0.3) is 0 Å². The second-order valence-corrected chi connectivity index (χ2v) is 6.86. The molecule has 0 bridgehead atoms. The average molecular weight is 410 g/mol. The van der Waals surface area contributed by atoms with Crippen LogP contribution < -0.4 is 14.8 Å². The number of thiocarbonyl (C=S) groups is 1. The van der Waals surface area contributed by atoms with Crippen molar-refractivity contribution < 1.29 is 22.6 Å². The first-order chi connectivity index (χ1) is 13.3. The topological polar surface area (TPSA) is 33.7 Å². The largest absolute Gasteiger partial charge is 0.493 e. The maximum absolute atomic E-state index is 12.9. The number of nitrogens with zero attached hydrogens (tertiary/aromatic N) is 1. The molecule has 1 saturated heterocycles. The Morgan fingerprint density at radius 3 is 2.54 bits per heavy atom. The zero-order chi connectivity index (χ0) is 20.3. The number of likely N-dealkylation sites (tertiary alicyclic amines) is 1. The first-order valence-electron chi connectivity index (χ1n) is 8.80. The number of anilines is 1. The second kappa shape index (κ2) is 8.26. The molecular weight excluding hydrogens is 389 g/mol. The van der Waals surface area contributed by atoms with Crippen molar-refractivity contribution in [2.45, 2.75) is 25.1 Å². The summed E-state index contributed by atoms with van der Waals surface area (Å²) in [5, 5.41) is 3.35. The number of hydrogen-bond acceptors (Lipinski definition) is 3. The van der Waals surface area contributed by atoms with E-state index in [2.05, 4.69) is 5.32 Å². The lowest BCUT2D eigenvalue weighted by molar-refractivity contribution is -0.137. The highest BCUT2D eigenvalue weighted by Crippen LogP contribution is 2.37. The van der Waals surface area contributed by atoms with Gasteiger partial charge in [-0.2, -0.15) is 13.2 Å². The molecule has 0 unspecified atom stereocenters. The van der Waals surface area contributed by atoms with Crippen LogP contribution in [0.5, 0.6) is 11.5 Å². The number of halogens is 3. The fourth-order valence-corrected chi connectivity index (χ4v) is 3.72. The molecule has 0 aliphatic carbocycles. The number of nitrogens with one attached hydrogen (secondary N) is 1. The summed E-state index contributed by atoms with van der Waals surface area (Å²) in [7, 11) is 3.15. The van der Waals surface area contributed by atoms with Gasteiger partial charge in [-0.3, -0.25) is 0 Å². The summed E-state index contributed by atoms with van der Waals surface area (Å²) in [6.45, 7) is 0.726. The maximum Gasteiger partial charge on any atom is 0.416 e. The average Bonchev–Trinajstić information content (AvgIpc) is 3.17. The number of rotatable bonds is 4. The van der Waals surface area contributed by atoms with Gasteiger partial charge in [-0.1, -0.05) is 12.1 Å². The molecule has 150 valence electrons. The molecule has 2 aromatic carbocycles. The molecule has 3 rings (SSSR count). The molecule has 1 N–H and O–H groups in total. The minimum absolute atomic E-state index is 0.0191. The molecule has 0 spiro atoms. The Bertz CT molecular complexity index is 858. The summed E-state index contributed by atoms with van der Waals surface area (Å²) in [6, 6.07) is 10.8. The van der Waals surface area contributed by atoms with Gasteiger partial charge >= 0.3 is 6.18 Å². The monoisotopic (exact) mass is 410 g/mol. The van der Waals surface area contributed by atoms with E-state index in [1.165, 1.54) is 6.07 Å². The molecule has 1 aliphatic rings. The molecule has 1 aliphatic heterocycles. The van der Waals surface area contributed by atoms with Crippen molar-refractivity contribution in [2.24, 2.45) is 0 Å². The number of benzene rings is 2. The van der Waals surface area contributed by atoms with Gasteiger partial charge in [0.15, 0.2) is 16.6 Å². The van der Waals surface area contributed by atoms with Crippen molar-refractivity contribution in [3.8, 4) is 11.5 Å². The number of ether oxygens (including phenoxy) is 2. The van der Waals surface area contributed by atoms with Crippen molar-refractivity contribution in [3.63, 3.8) is 0 Å². The number of hydrogen-bond donors (Lipinski definition) is 1. The van der Waals surface area contributed by atoms with E-state index in [0.29, 0.717) is 22.3 Å². The maximum atomic E-state index is 12.9. The molecule has 8 heteroatoms. The van der Waals surface area contributed by atoms with E-state index in [-0.39, 0.29) is 6.04 Å².